The smallest absolute Gasteiger partial charge is 0.437 e. The molecular weight excluding hydrogens is 511 g/mol. The third kappa shape index (κ3) is 6.27. The molecule has 10 heteroatoms. The SMILES string of the molecule is Cc1cc(Nc2cccc([C@]3(C)CC(=O)N(C4CCOCC4)C(=NC(=O)OC(C)(C)C)N3)c2Cl)ccc1F. The number of hydrogen-bond donors (Lipinski definition) is 2. The Balaban J connectivity index is 1.69. The molecule has 2 aromatic carbocycles. The van der Waals surface area contributed by atoms with E-state index in [1.165, 1.54) is 6.07 Å². The minimum atomic E-state index is -0.965. The number of ether oxygens (including phenoxy) is 2. The number of nitrogens with zero attached hydrogens (tertiary/aromatic N) is 2. The van der Waals surface area contributed by atoms with Gasteiger partial charge in [-0.25, -0.2) is 9.18 Å². The van der Waals surface area contributed by atoms with Gasteiger partial charge in [-0.1, -0.05) is 23.7 Å². The summed E-state index contributed by atoms with van der Waals surface area (Å²) in [5.41, 5.74) is 0.730. The lowest BCUT2D eigenvalue weighted by molar-refractivity contribution is -0.133. The summed E-state index contributed by atoms with van der Waals surface area (Å²) in [7, 11) is 0. The van der Waals surface area contributed by atoms with Gasteiger partial charge in [0.1, 0.15) is 11.4 Å². The quantitative estimate of drug-likeness (QED) is 0.487. The maximum absolute atomic E-state index is 13.7. The standard InChI is InChI=1S/C28H34ClFN4O4/c1-17-15-18(9-10-21(17)30)31-22-8-6-7-20(24(22)29)28(5)16-23(35)34(19-11-13-37-14-12-19)25(33-28)32-26(36)38-27(2,3)4/h6-10,15,19,31H,11-14,16H2,1-5H3,(H,32,33,36)/t28-/m0/s1. The summed E-state index contributed by atoms with van der Waals surface area (Å²) in [5, 5.41) is 6.98. The lowest BCUT2D eigenvalue weighted by atomic mass is 9.85. The third-order valence-corrected chi connectivity index (χ3v) is 6.97. The fourth-order valence-corrected chi connectivity index (χ4v) is 5.11. The Hall–Kier alpha value is -3.17. The minimum Gasteiger partial charge on any atom is -0.442 e. The van der Waals surface area contributed by atoms with Crippen LogP contribution in [0.4, 0.5) is 20.6 Å². The van der Waals surface area contributed by atoms with Crippen LogP contribution in [0, 0.1) is 12.7 Å². The second-order valence-corrected chi connectivity index (χ2v) is 11.3. The monoisotopic (exact) mass is 544 g/mol. The summed E-state index contributed by atoms with van der Waals surface area (Å²) in [6.45, 7) is 9.85. The molecule has 0 aromatic heterocycles. The number of aryl methyl sites for hydroxylation is 1. The van der Waals surface area contributed by atoms with Crippen LogP contribution in [0.2, 0.25) is 5.02 Å². The molecule has 2 aromatic rings. The van der Waals surface area contributed by atoms with Crippen LogP contribution < -0.4 is 10.6 Å². The largest absolute Gasteiger partial charge is 0.442 e. The van der Waals surface area contributed by atoms with Crippen molar-refractivity contribution in [3.8, 4) is 0 Å². The summed E-state index contributed by atoms with van der Waals surface area (Å²) in [5.74, 6) is -0.337. The van der Waals surface area contributed by atoms with Gasteiger partial charge < -0.3 is 20.1 Å². The Morgan fingerprint density at radius 3 is 2.63 bits per heavy atom. The Kier molecular flexibility index (Phi) is 7.99. The van der Waals surface area contributed by atoms with Crippen molar-refractivity contribution < 1.29 is 23.5 Å². The van der Waals surface area contributed by atoms with Crippen molar-refractivity contribution in [2.24, 2.45) is 4.99 Å². The van der Waals surface area contributed by atoms with Crippen LogP contribution in [0.1, 0.15) is 58.1 Å². The number of halogens is 2. The van der Waals surface area contributed by atoms with Gasteiger partial charge in [-0.3, -0.25) is 9.69 Å². The highest BCUT2D eigenvalue weighted by atomic mass is 35.5. The second kappa shape index (κ2) is 10.9. The van der Waals surface area contributed by atoms with Gasteiger partial charge in [0.15, 0.2) is 0 Å². The molecule has 2 fully saturated rings. The number of rotatable bonds is 4. The molecule has 2 aliphatic heterocycles. The number of nitrogens with one attached hydrogen (secondary N) is 2. The number of amides is 2. The van der Waals surface area contributed by atoms with Crippen molar-refractivity contribution >= 4 is 40.9 Å². The molecule has 0 spiro atoms. The number of anilines is 2. The van der Waals surface area contributed by atoms with Crippen molar-refractivity contribution in [2.45, 2.75) is 71.1 Å². The van der Waals surface area contributed by atoms with Crippen molar-refractivity contribution in [1.29, 1.82) is 0 Å². The first-order valence-corrected chi connectivity index (χ1v) is 13.1. The fourth-order valence-electron chi connectivity index (χ4n) is 4.73. The first-order valence-electron chi connectivity index (χ1n) is 12.7. The summed E-state index contributed by atoms with van der Waals surface area (Å²) < 4.78 is 24.6. The Labute approximate surface area is 227 Å². The van der Waals surface area contributed by atoms with Crippen LogP contribution in [0.25, 0.3) is 0 Å². The summed E-state index contributed by atoms with van der Waals surface area (Å²) in [6.07, 6.45) is 0.572. The summed E-state index contributed by atoms with van der Waals surface area (Å²) >= 11 is 6.88. The van der Waals surface area contributed by atoms with E-state index < -0.39 is 17.2 Å². The van der Waals surface area contributed by atoms with Crippen molar-refractivity contribution in [2.75, 3.05) is 18.5 Å². The fraction of sp³-hybridized carbons (Fsp3) is 0.464. The lowest BCUT2D eigenvalue weighted by Crippen LogP contribution is -2.63. The molecule has 38 heavy (non-hydrogen) atoms. The lowest BCUT2D eigenvalue weighted by Gasteiger charge is -2.45. The first-order chi connectivity index (χ1) is 17.9. The van der Waals surface area contributed by atoms with Crippen molar-refractivity contribution in [1.82, 2.24) is 10.2 Å². The molecule has 0 saturated carbocycles. The topological polar surface area (TPSA) is 92.3 Å². The zero-order valence-corrected chi connectivity index (χ0v) is 23.1. The Morgan fingerprint density at radius 1 is 1.26 bits per heavy atom. The molecule has 4 rings (SSSR count). The molecule has 0 radical (unpaired) electrons. The van der Waals surface area contributed by atoms with Gasteiger partial charge in [0.2, 0.25) is 11.9 Å². The van der Waals surface area contributed by atoms with Crippen LogP contribution in [-0.4, -0.2) is 47.7 Å². The highest BCUT2D eigenvalue weighted by molar-refractivity contribution is 6.34. The van der Waals surface area contributed by atoms with Gasteiger partial charge in [-0.2, -0.15) is 0 Å². The molecule has 0 bridgehead atoms. The van der Waals surface area contributed by atoms with E-state index in [0.29, 0.717) is 53.6 Å². The van der Waals surface area contributed by atoms with Gasteiger partial charge in [-0.15, -0.1) is 4.99 Å². The number of carbonyl (C=O) groups is 2. The van der Waals surface area contributed by atoms with E-state index in [1.807, 2.05) is 25.1 Å². The van der Waals surface area contributed by atoms with Gasteiger partial charge in [0, 0.05) is 24.9 Å². The summed E-state index contributed by atoms with van der Waals surface area (Å²) in [4.78, 5) is 32.1. The predicted molar refractivity (Wildman–Crippen MR) is 145 cm³/mol. The molecular formula is C28H34ClFN4O4. The third-order valence-electron chi connectivity index (χ3n) is 6.57. The summed E-state index contributed by atoms with van der Waals surface area (Å²) in [6, 6.07) is 10.0. The van der Waals surface area contributed by atoms with E-state index in [1.54, 1.807) is 44.7 Å². The van der Waals surface area contributed by atoms with E-state index >= 15 is 0 Å². The molecule has 2 amide bonds. The van der Waals surface area contributed by atoms with Gasteiger partial charge in [-0.05, 0) is 82.9 Å². The van der Waals surface area contributed by atoms with Gasteiger partial charge >= 0.3 is 6.09 Å². The van der Waals surface area contributed by atoms with Crippen molar-refractivity contribution in [3.05, 3.63) is 58.4 Å². The zero-order valence-electron chi connectivity index (χ0n) is 22.4. The number of carbonyl (C=O) groups excluding carboxylic acids is 2. The number of benzene rings is 2. The number of guanidine groups is 1. The normalized spacial score (nSPS) is 21.8. The van der Waals surface area contributed by atoms with Crippen molar-refractivity contribution in [3.63, 3.8) is 0 Å². The second-order valence-electron chi connectivity index (χ2n) is 10.9. The maximum atomic E-state index is 13.7. The molecule has 8 nitrogen and oxygen atoms in total. The maximum Gasteiger partial charge on any atom is 0.437 e. The van der Waals surface area contributed by atoms with Crippen LogP contribution in [-0.2, 0) is 19.8 Å². The zero-order chi connectivity index (χ0) is 27.7. The molecule has 0 aliphatic carbocycles. The molecule has 2 heterocycles. The van der Waals surface area contributed by atoms with Crippen LogP contribution in [0.15, 0.2) is 41.4 Å². The Morgan fingerprint density at radius 2 is 1.97 bits per heavy atom. The van der Waals surface area contributed by atoms with E-state index in [2.05, 4.69) is 15.6 Å². The molecule has 1 atom stereocenters. The van der Waals surface area contributed by atoms with Gasteiger partial charge in [0.25, 0.3) is 0 Å². The molecule has 2 aliphatic rings. The average Bonchev–Trinajstić information content (AvgIpc) is 2.81. The highest BCUT2D eigenvalue weighted by Gasteiger charge is 2.44. The molecule has 2 saturated heterocycles. The van der Waals surface area contributed by atoms with E-state index in [9.17, 15) is 14.0 Å². The predicted octanol–water partition coefficient (Wildman–Crippen LogP) is 6.04. The van der Waals surface area contributed by atoms with Crippen LogP contribution in [0.3, 0.4) is 0 Å². The minimum absolute atomic E-state index is 0.0938. The Bertz CT molecular complexity index is 1260. The molecule has 0 unspecified atom stereocenters. The van der Waals surface area contributed by atoms with E-state index in [-0.39, 0.29) is 30.1 Å². The number of hydrogen-bond acceptors (Lipinski definition) is 5. The number of aliphatic imine (C=N–C) groups is 1. The molecule has 204 valence electrons. The van der Waals surface area contributed by atoms with E-state index in [0.717, 1.165) is 0 Å². The highest BCUT2D eigenvalue weighted by Crippen LogP contribution is 2.39. The van der Waals surface area contributed by atoms with E-state index in [4.69, 9.17) is 21.1 Å². The molecule has 2 N–H and O–H groups in total. The first kappa shape index (κ1) is 27.9. The van der Waals surface area contributed by atoms with Crippen LogP contribution in [0.5, 0.6) is 0 Å². The average molecular weight is 545 g/mol. The van der Waals surface area contributed by atoms with Crippen LogP contribution >= 0.6 is 11.6 Å². The van der Waals surface area contributed by atoms with Gasteiger partial charge in [0.05, 0.1) is 22.7 Å².